The molecule has 0 aliphatic carbocycles. The van der Waals surface area contributed by atoms with Gasteiger partial charge in [-0.2, -0.15) is 0 Å². The molecule has 1 rings (SSSR count). The number of hydrogen-bond acceptors (Lipinski definition) is 2. The van der Waals surface area contributed by atoms with Gasteiger partial charge in [-0.1, -0.05) is 0 Å². The molecule has 5 heteroatoms. The van der Waals surface area contributed by atoms with E-state index in [1.807, 2.05) is 0 Å². The van der Waals surface area contributed by atoms with Gasteiger partial charge in [0.2, 0.25) is 0 Å². The van der Waals surface area contributed by atoms with Crippen LogP contribution in [0.4, 0.5) is 0 Å². The van der Waals surface area contributed by atoms with Gasteiger partial charge < -0.3 is 10.2 Å². The minimum absolute atomic E-state index is 0. The molecule has 0 atom stereocenters. The summed E-state index contributed by atoms with van der Waals surface area (Å²) in [4.78, 5) is 20.7. The number of aromatic carboxylic acids is 2. The molecular weight excluding hydrogens is 297 g/mol. The Morgan fingerprint density at radius 1 is 0.846 bits per heavy atom. The molecule has 0 aromatic heterocycles. The van der Waals surface area contributed by atoms with Gasteiger partial charge in [-0.3, -0.25) is 0 Å². The normalized spacial score (nSPS) is 8.62. The van der Waals surface area contributed by atoms with E-state index < -0.39 is 11.9 Å². The fraction of sp³-hybridized carbons (Fsp3) is 0. The summed E-state index contributed by atoms with van der Waals surface area (Å²) >= 11 is 0. The second-order valence-electron chi connectivity index (χ2n) is 2.19. The van der Waals surface area contributed by atoms with Crippen LogP contribution in [-0.4, -0.2) is 71.0 Å². The summed E-state index contributed by atoms with van der Waals surface area (Å²) in [6.45, 7) is 0. The van der Waals surface area contributed by atoms with Gasteiger partial charge in [0, 0.05) is 0 Å². The van der Waals surface area contributed by atoms with Crippen molar-refractivity contribution in [3.8, 4) is 0 Å². The van der Waals surface area contributed by atoms with Crippen LogP contribution in [0.3, 0.4) is 0 Å². The van der Waals surface area contributed by atoms with E-state index in [0.717, 1.165) is 0 Å². The third-order valence-electron chi connectivity index (χ3n) is 1.38. The van der Waals surface area contributed by atoms with Crippen LogP contribution in [0.1, 0.15) is 20.7 Å². The molecule has 1 aromatic rings. The quantitative estimate of drug-likeness (QED) is 0.764. The number of benzene rings is 1. The van der Waals surface area contributed by atoms with E-state index in [2.05, 4.69) is 0 Å². The van der Waals surface area contributed by atoms with Gasteiger partial charge in [0.1, 0.15) is 0 Å². The van der Waals surface area contributed by atoms with E-state index >= 15 is 0 Å². The molecule has 0 fully saturated rings. The van der Waals surface area contributed by atoms with Crippen molar-refractivity contribution in [3.63, 3.8) is 0 Å². The molecule has 13 heavy (non-hydrogen) atoms. The monoisotopic (exact) mass is 306 g/mol. The molecule has 0 spiro atoms. The molecular formula is C8H8BaO4. The summed E-state index contributed by atoms with van der Waals surface area (Å²) in [5.74, 6) is -2.13. The Bertz CT molecular complexity index is 284. The molecule has 0 bridgehead atoms. The number of carboxylic acids is 2. The van der Waals surface area contributed by atoms with Gasteiger partial charge in [-0.15, -0.1) is 0 Å². The molecule has 0 heterocycles. The molecule has 1 aromatic carbocycles. The average molecular weight is 305 g/mol. The van der Waals surface area contributed by atoms with Gasteiger partial charge >= 0.3 is 60.8 Å². The molecule has 4 nitrogen and oxygen atoms in total. The van der Waals surface area contributed by atoms with Crippen molar-refractivity contribution in [2.24, 2.45) is 0 Å². The van der Waals surface area contributed by atoms with Crippen LogP contribution in [-0.2, 0) is 0 Å². The van der Waals surface area contributed by atoms with Crippen molar-refractivity contribution in [1.29, 1.82) is 0 Å². The maximum atomic E-state index is 10.3. The van der Waals surface area contributed by atoms with E-state index in [-0.39, 0.29) is 60.0 Å². The van der Waals surface area contributed by atoms with E-state index in [1.54, 1.807) is 0 Å². The van der Waals surface area contributed by atoms with E-state index in [0.29, 0.717) is 0 Å². The number of carboxylic acid groups (broad SMARTS) is 2. The van der Waals surface area contributed by atoms with Crippen LogP contribution in [0.5, 0.6) is 0 Å². The van der Waals surface area contributed by atoms with E-state index in [4.69, 9.17) is 10.2 Å². The van der Waals surface area contributed by atoms with Crippen LogP contribution in [0.15, 0.2) is 24.3 Å². The summed E-state index contributed by atoms with van der Waals surface area (Å²) in [5.41, 5.74) is 0.167. The fourth-order valence-electron chi connectivity index (χ4n) is 0.755. The zero-order chi connectivity index (χ0) is 9.14. The van der Waals surface area contributed by atoms with Crippen molar-refractivity contribution in [2.75, 3.05) is 0 Å². The second-order valence-corrected chi connectivity index (χ2v) is 2.19. The molecule has 66 valence electrons. The zero-order valence-electron chi connectivity index (χ0n) is 6.02. The first-order chi connectivity index (χ1) is 5.61. The van der Waals surface area contributed by atoms with Gasteiger partial charge in [0.25, 0.3) is 0 Å². The summed E-state index contributed by atoms with van der Waals surface area (Å²) < 4.78 is 0. The van der Waals surface area contributed by atoms with Crippen molar-refractivity contribution >= 4 is 60.8 Å². The standard InChI is InChI=1S/C8H6O4.Ba.2H/c9-7(10)5-1-2-6(4-3-5)8(11)12;;;/h1-4H,(H,9,10)(H,11,12);;;. The van der Waals surface area contributed by atoms with Gasteiger partial charge in [-0.25, -0.2) is 9.59 Å². The summed E-state index contributed by atoms with van der Waals surface area (Å²) in [6, 6.07) is 5.02. The van der Waals surface area contributed by atoms with Gasteiger partial charge in [0.05, 0.1) is 11.1 Å². The molecule has 0 aliphatic rings. The topological polar surface area (TPSA) is 74.6 Å². The average Bonchev–Trinajstić information content (AvgIpc) is 2.04. The first kappa shape index (κ1) is 12.7. The first-order valence-corrected chi connectivity index (χ1v) is 3.18. The maximum absolute atomic E-state index is 10.3. The summed E-state index contributed by atoms with van der Waals surface area (Å²) in [5, 5.41) is 16.9. The number of hydrogen-bond donors (Lipinski definition) is 2. The molecule has 0 radical (unpaired) electrons. The second kappa shape index (κ2) is 5.46. The van der Waals surface area contributed by atoms with E-state index in [9.17, 15) is 9.59 Å². The van der Waals surface area contributed by atoms with Crippen LogP contribution in [0, 0.1) is 0 Å². The van der Waals surface area contributed by atoms with E-state index in [1.165, 1.54) is 24.3 Å². The van der Waals surface area contributed by atoms with Crippen LogP contribution >= 0.6 is 0 Å². The predicted molar refractivity (Wildman–Crippen MR) is 48.9 cm³/mol. The van der Waals surface area contributed by atoms with Crippen molar-refractivity contribution in [1.82, 2.24) is 0 Å². The van der Waals surface area contributed by atoms with Gasteiger partial charge in [-0.05, 0) is 24.3 Å². The Balaban J connectivity index is 0.00000144. The molecule has 0 aliphatic heterocycles. The molecule has 0 amide bonds. The first-order valence-electron chi connectivity index (χ1n) is 3.18. The van der Waals surface area contributed by atoms with Crippen molar-refractivity contribution in [2.45, 2.75) is 0 Å². The molecule has 0 saturated carbocycles. The minimum atomic E-state index is -1.06. The predicted octanol–water partition coefficient (Wildman–Crippen LogP) is 0.167. The Hall–Kier alpha value is -0.269. The Kier molecular flexibility index (Phi) is 5.35. The molecule has 0 unspecified atom stereocenters. The SMILES string of the molecule is O=C(O)c1ccc(C(=O)O)cc1.[BaH2]. The third kappa shape index (κ3) is 3.53. The summed E-state index contributed by atoms with van der Waals surface area (Å²) in [7, 11) is 0. The van der Waals surface area contributed by atoms with Crippen molar-refractivity contribution in [3.05, 3.63) is 35.4 Å². The van der Waals surface area contributed by atoms with Crippen LogP contribution < -0.4 is 0 Å². The number of rotatable bonds is 2. The Labute approximate surface area is 115 Å². The Morgan fingerprint density at radius 3 is 1.23 bits per heavy atom. The molecule has 2 N–H and O–H groups in total. The van der Waals surface area contributed by atoms with Crippen LogP contribution in [0.25, 0.3) is 0 Å². The summed E-state index contributed by atoms with van der Waals surface area (Å²) in [6.07, 6.45) is 0. The number of carbonyl (C=O) groups is 2. The Morgan fingerprint density at radius 2 is 1.08 bits per heavy atom. The van der Waals surface area contributed by atoms with Crippen LogP contribution in [0.2, 0.25) is 0 Å². The third-order valence-corrected chi connectivity index (χ3v) is 1.38. The van der Waals surface area contributed by atoms with Gasteiger partial charge in [0.15, 0.2) is 0 Å². The molecule has 0 saturated heterocycles. The fourth-order valence-corrected chi connectivity index (χ4v) is 0.755. The zero-order valence-corrected chi connectivity index (χ0v) is 6.02. The van der Waals surface area contributed by atoms with Crippen molar-refractivity contribution < 1.29 is 19.8 Å².